The third-order valence-electron chi connectivity index (χ3n) is 3.96. The minimum atomic E-state index is -0.251. The van der Waals surface area contributed by atoms with Crippen molar-refractivity contribution >= 4 is 34.8 Å². The van der Waals surface area contributed by atoms with E-state index in [-0.39, 0.29) is 17.7 Å². The van der Waals surface area contributed by atoms with Crippen LogP contribution in [0.2, 0.25) is 0 Å². The van der Waals surface area contributed by atoms with Crippen LogP contribution in [-0.4, -0.2) is 24.3 Å². The molecule has 0 spiro atoms. The van der Waals surface area contributed by atoms with Crippen molar-refractivity contribution in [1.82, 2.24) is 0 Å². The van der Waals surface area contributed by atoms with E-state index in [2.05, 4.69) is 10.6 Å². The number of carbonyl (C=O) groups excluding carboxylic acids is 3. The number of nitrogens with one attached hydrogen (secondary N) is 2. The Hall–Kier alpha value is -3.15. The molecule has 0 bridgehead atoms. The van der Waals surface area contributed by atoms with Gasteiger partial charge in [-0.3, -0.25) is 14.4 Å². The highest BCUT2D eigenvalue weighted by atomic mass is 16.2. The van der Waals surface area contributed by atoms with Gasteiger partial charge in [0, 0.05) is 42.5 Å². The van der Waals surface area contributed by atoms with Crippen LogP contribution in [0.5, 0.6) is 0 Å². The molecule has 1 aliphatic heterocycles. The number of rotatable bonds is 4. The van der Waals surface area contributed by atoms with E-state index in [0.29, 0.717) is 29.9 Å². The monoisotopic (exact) mass is 337 g/mol. The summed E-state index contributed by atoms with van der Waals surface area (Å²) in [6.45, 7) is 2.14. The van der Waals surface area contributed by atoms with Gasteiger partial charge in [-0.05, 0) is 48.9 Å². The lowest BCUT2D eigenvalue weighted by atomic mass is 10.2. The Bertz CT molecular complexity index is 815. The van der Waals surface area contributed by atoms with E-state index in [1.165, 1.54) is 6.92 Å². The van der Waals surface area contributed by atoms with Crippen molar-refractivity contribution < 1.29 is 14.4 Å². The number of carbonyl (C=O) groups is 3. The first-order chi connectivity index (χ1) is 12.0. The van der Waals surface area contributed by atoms with Crippen LogP contribution < -0.4 is 15.5 Å². The van der Waals surface area contributed by atoms with Crippen LogP contribution >= 0.6 is 0 Å². The second kappa shape index (κ2) is 7.17. The topological polar surface area (TPSA) is 78.5 Å². The average molecular weight is 337 g/mol. The lowest BCUT2D eigenvalue weighted by Gasteiger charge is -2.16. The van der Waals surface area contributed by atoms with Crippen molar-refractivity contribution in [1.29, 1.82) is 0 Å². The van der Waals surface area contributed by atoms with Gasteiger partial charge in [-0.1, -0.05) is 6.07 Å². The molecule has 1 saturated heterocycles. The fourth-order valence-corrected chi connectivity index (χ4v) is 2.78. The van der Waals surface area contributed by atoms with Crippen LogP contribution in [-0.2, 0) is 9.59 Å². The van der Waals surface area contributed by atoms with E-state index in [1.807, 2.05) is 12.1 Å². The van der Waals surface area contributed by atoms with E-state index >= 15 is 0 Å². The highest BCUT2D eigenvalue weighted by molar-refractivity contribution is 6.05. The molecule has 2 aromatic rings. The number of anilines is 3. The minimum absolute atomic E-state index is 0.108. The minimum Gasteiger partial charge on any atom is -0.326 e. The number of nitrogens with zero attached hydrogens (tertiary/aromatic N) is 1. The average Bonchev–Trinajstić information content (AvgIpc) is 3.01. The van der Waals surface area contributed by atoms with Gasteiger partial charge in [-0.25, -0.2) is 0 Å². The summed E-state index contributed by atoms with van der Waals surface area (Å²) in [5, 5.41) is 5.49. The summed E-state index contributed by atoms with van der Waals surface area (Å²) < 4.78 is 0. The molecular weight excluding hydrogens is 318 g/mol. The Labute approximate surface area is 145 Å². The van der Waals surface area contributed by atoms with Crippen molar-refractivity contribution in [2.45, 2.75) is 19.8 Å². The number of amides is 3. The predicted octanol–water partition coefficient (Wildman–Crippen LogP) is 3.02. The molecular formula is C19H19N3O3. The van der Waals surface area contributed by atoms with Gasteiger partial charge in [0.1, 0.15) is 0 Å². The van der Waals surface area contributed by atoms with E-state index in [0.717, 1.165) is 12.1 Å². The van der Waals surface area contributed by atoms with Gasteiger partial charge in [0.25, 0.3) is 5.91 Å². The molecule has 0 radical (unpaired) electrons. The molecule has 1 fully saturated rings. The predicted molar refractivity (Wildman–Crippen MR) is 96.7 cm³/mol. The van der Waals surface area contributed by atoms with Crippen molar-refractivity contribution in [2.75, 3.05) is 22.1 Å². The zero-order chi connectivity index (χ0) is 17.8. The summed E-state index contributed by atoms with van der Waals surface area (Å²) in [5.74, 6) is -0.304. The summed E-state index contributed by atoms with van der Waals surface area (Å²) in [6, 6.07) is 13.9. The van der Waals surface area contributed by atoms with E-state index in [1.54, 1.807) is 41.3 Å². The molecule has 2 aromatic carbocycles. The summed E-state index contributed by atoms with van der Waals surface area (Å²) in [5.41, 5.74) is 2.55. The van der Waals surface area contributed by atoms with Crippen molar-refractivity contribution in [3.8, 4) is 0 Å². The second-order valence-corrected chi connectivity index (χ2v) is 5.91. The normalized spacial score (nSPS) is 13.6. The Morgan fingerprint density at radius 1 is 1.00 bits per heavy atom. The van der Waals surface area contributed by atoms with Gasteiger partial charge < -0.3 is 15.5 Å². The van der Waals surface area contributed by atoms with Gasteiger partial charge in [0.05, 0.1) is 0 Å². The molecule has 0 unspecified atom stereocenters. The third kappa shape index (κ3) is 4.03. The van der Waals surface area contributed by atoms with Crippen LogP contribution in [0.15, 0.2) is 48.5 Å². The lowest BCUT2D eigenvalue weighted by molar-refractivity contribution is -0.117. The standard InChI is InChI=1S/C19H19N3O3/c1-13(23)20-15-9-7-14(8-10-15)19(25)21-16-4-2-5-17(12-16)22-11-3-6-18(22)24/h2,4-5,7-10,12H,3,6,11H2,1H3,(H,20,23)(H,21,25). The molecule has 1 aliphatic rings. The molecule has 128 valence electrons. The highest BCUT2D eigenvalue weighted by Gasteiger charge is 2.21. The molecule has 2 N–H and O–H groups in total. The molecule has 3 amide bonds. The fraction of sp³-hybridized carbons (Fsp3) is 0.211. The molecule has 3 rings (SSSR count). The summed E-state index contributed by atoms with van der Waals surface area (Å²) in [4.78, 5) is 37.0. The van der Waals surface area contributed by atoms with Crippen LogP contribution in [0.1, 0.15) is 30.1 Å². The maximum atomic E-state index is 12.4. The van der Waals surface area contributed by atoms with Crippen LogP contribution in [0.25, 0.3) is 0 Å². The summed E-state index contributed by atoms with van der Waals surface area (Å²) >= 11 is 0. The molecule has 25 heavy (non-hydrogen) atoms. The Balaban J connectivity index is 1.70. The smallest absolute Gasteiger partial charge is 0.255 e. The zero-order valence-corrected chi connectivity index (χ0v) is 13.9. The van der Waals surface area contributed by atoms with Crippen molar-refractivity contribution in [2.24, 2.45) is 0 Å². The van der Waals surface area contributed by atoms with Gasteiger partial charge in [-0.2, -0.15) is 0 Å². The molecule has 0 aromatic heterocycles. The highest BCUT2D eigenvalue weighted by Crippen LogP contribution is 2.24. The number of hydrogen-bond donors (Lipinski definition) is 2. The maximum Gasteiger partial charge on any atom is 0.255 e. The first-order valence-electron chi connectivity index (χ1n) is 8.12. The largest absolute Gasteiger partial charge is 0.326 e. The van der Waals surface area contributed by atoms with Gasteiger partial charge >= 0.3 is 0 Å². The first kappa shape index (κ1) is 16.7. The number of hydrogen-bond acceptors (Lipinski definition) is 3. The van der Waals surface area contributed by atoms with Crippen molar-refractivity contribution in [3.63, 3.8) is 0 Å². The molecule has 0 atom stereocenters. The van der Waals surface area contributed by atoms with Crippen LogP contribution in [0.3, 0.4) is 0 Å². The van der Waals surface area contributed by atoms with Crippen LogP contribution in [0.4, 0.5) is 17.1 Å². The second-order valence-electron chi connectivity index (χ2n) is 5.91. The van der Waals surface area contributed by atoms with Gasteiger partial charge in [0.2, 0.25) is 11.8 Å². The fourth-order valence-electron chi connectivity index (χ4n) is 2.78. The molecule has 1 heterocycles. The Kier molecular flexibility index (Phi) is 4.79. The SMILES string of the molecule is CC(=O)Nc1ccc(C(=O)Nc2cccc(N3CCCC3=O)c2)cc1. The van der Waals surface area contributed by atoms with E-state index < -0.39 is 0 Å². The zero-order valence-electron chi connectivity index (χ0n) is 13.9. The first-order valence-corrected chi connectivity index (χ1v) is 8.12. The quantitative estimate of drug-likeness (QED) is 0.900. The van der Waals surface area contributed by atoms with E-state index in [9.17, 15) is 14.4 Å². The van der Waals surface area contributed by atoms with Gasteiger partial charge in [0.15, 0.2) is 0 Å². The van der Waals surface area contributed by atoms with Gasteiger partial charge in [-0.15, -0.1) is 0 Å². The number of benzene rings is 2. The maximum absolute atomic E-state index is 12.4. The van der Waals surface area contributed by atoms with Crippen LogP contribution in [0, 0.1) is 0 Å². The van der Waals surface area contributed by atoms with Crippen molar-refractivity contribution in [3.05, 3.63) is 54.1 Å². The Morgan fingerprint density at radius 3 is 2.40 bits per heavy atom. The Morgan fingerprint density at radius 2 is 1.76 bits per heavy atom. The summed E-state index contributed by atoms with van der Waals surface area (Å²) in [7, 11) is 0. The molecule has 0 aliphatic carbocycles. The summed E-state index contributed by atoms with van der Waals surface area (Å²) in [6.07, 6.45) is 1.42. The van der Waals surface area contributed by atoms with E-state index in [4.69, 9.17) is 0 Å². The molecule has 6 nitrogen and oxygen atoms in total. The molecule has 0 saturated carbocycles. The molecule has 6 heteroatoms. The third-order valence-corrected chi connectivity index (χ3v) is 3.96. The lowest BCUT2D eigenvalue weighted by Crippen LogP contribution is -2.23.